The second kappa shape index (κ2) is 5.59. The molecule has 0 bridgehead atoms. The zero-order chi connectivity index (χ0) is 13.3. The summed E-state index contributed by atoms with van der Waals surface area (Å²) in [6, 6.07) is 1.05. The molecule has 1 aromatic rings. The Morgan fingerprint density at radius 2 is 2.17 bits per heavy atom. The topological polar surface area (TPSA) is 47.1 Å². The van der Waals surface area contributed by atoms with E-state index in [2.05, 4.69) is 16.9 Å². The summed E-state index contributed by atoms with van der Waals surface area (Å²) in [4.78, 5) is 2.49. The van der Waals surface area contributed by atoms with Gasteiger partial charge in [0.25, 0.3) is 0 Å². The van der Waals surface area contributed by atoms with Crippen LogP contribution in [0.4, 0.5) is 0 Å². The minimum atomic E-state index is 0.476. The maximum Gasteiger partial charge on any atom is 0.131 e. The lowest BCUT2D eigenvalue weighted by Crippen LogP contribution is -2.48. The maximum atomic E-state index is 6.31. The van der Waals surface area contributed by atoms with Gasteiger partial charge in [0.2, 0.25) is 0 Å². The fourth-order valence-corrected chi connectivity index (χ4v) is 3.15. The molecule has 1 saturated heterocycles. The lowest BCUT2D eigenvalue weighted by Gasteiger charge is -2.40. The van der Waals surface area contributed by atoms with E-state index in [1.807, 2.05) is 14.0 Å². The normalized spacial score (nSPS) is 25.6. The molecular formula is C13H23ClN4. The molecule has 0 aromatic carbocycles. The van der Waals surface area contributed by atoms with Crippen LogP contribution in [0, 0.1) is 6.92 Å². The molecule has 2 rings (SSSR count). The second-order valence-corrected chi connectivity index (χ2v) is 5.68. The molecule has 2 N–H and O–H groups in total. The average molecular weight is 271 g/mol. The Hall–Kier alpha value is -0.580. The van der Waals surface area contributed by atoms with Crippen LogP contribution in [0.5, 0.6) is 0 Å². The van der Waals surface area contributed by atoms with Crippen LogP contribution in [0.15, 0.2) is 0 Å². The molecule has 2 heterocycles. The summed E-state index contributed by atoms with van der Waals surface area (Å²) in [5.74, 6) is 0. The predicted octanol–water partition coefficient (Wildman–Crippen LogP) is 2.08. The van der Waals surface area contributed by atoms with Gasteiger partial charge in [-0.2, -0.15) is 5.10 Å². The smallest absolute Gasteiger partial charge is 0.131 e. The Morgan fingerprint density at radius 3 is 2.72 bits per heavy atom. The molecular weight excluding hydrogens is 248 g/mol. The SMILES string of the molecule is Cc1nn(C)c(Cl)c1CN1C(C)CCCC1CN. The van der Waals surface area contributed by atoms with E-state index in [4.69, 9.17) is 17.3 Å². The predicted molar refractivity (Wildman–Crippen MR) is 74.7 cm³/mol. The van der Waals surface area contributed by atoms with E-state index in [1.54, 1.807) is 4.68 Å². The highest BCUT2D eigenvalue weighted by atomic mass is 35.5. The van der Waals surface area contributed by atoms with Crippen molar-refractivity contribution < 1.29 is 0 Å². The summed E-state index contributed by atoms with van der Waals surface area (Å²) in [6.45, 7) is 5.89. The first-order chi connectivity index (χ1) is 8.54. The second-order valence-electron chi connectivity index (χ2n) is 5.32. The van der Waals surface area contributed by atoms with Crippen LogP contribution >= 0.6 is 11.6 Å². The van der Waals surface area contributed by atoms with E-state index >= 15 is 0 Å². The Balaban J connectivity index is 2.20. The summed E-state index contributed by atoms with van der Waals surface area (Å²) >= 11 is 6.31. The monoisotopic (exact) mass is 270 g/mol. The maximum absolute atomic E-state index is 6.31. The van der Waals surface area contributed by atoms with E-state index in [-0.39, 0.29) is 0 Å². The van der Waals surface area contributed by atoms with Crippen LogP contribution in [-0.4, -0.2) is 33.3 Å². The van der Waals surface area contributed by atoms with Gasteiger partial charge in [0.15, 0.2) is 0 Å². The number of likely N-dealkylation sites (tertiary alicyclic amines) is 1. The van der Waals surface area contributed by atoms with Gasteiger partial charge < -0.3 is 5.73 Å². The van der Waals surface area contributed by atoms with Gasteiger partial charge in [0.05, 0.1) is 5.69 Å². The standard InChI is InChI=1S/C13H23ClN4/c1-9-5-4-6-11(7-15)18(9)8-12-10(2)16-17(3)13(12)14/h9,11H,4-8,15H2,1-3H3. The van der Waals surface area contributed by atoms with E-state index in [0.717, 1.165) is 29.5 Å². The fourth-order valence-electron chi connectivity index (χ4n) is 2.91. The van der Waals surface area contributed by atoms with Gasteiger partial charge in [-0.15, -0.1) is 0 Å². The molecule has 1 aliphatic heterocycles. The van der Waals surface area contributed by atoms with Crippen molar-refractivity contribution in [3.63, 3.8) is 0 Å². The third-order valence-electron chi connectivity index (χ3n) is 4.08. The van der Waals surface area contributed by atoms with Crippen molar-refractivity contribution in [2.24, 2.45) is 12.8 Å². The largest absolute Gasteiger partial charge is 0.329 e. The van der Waals surface area contributed by atoms with Gasteiger partial charge in [-0.05, 0) is 26.7 Å². The number of piperidine rings is 1. The van der Waals surface area contributed by atoms with E-state index in [9.17, 15) is 0 Å². The third-order valence-corrected chi connectivity index (χ3v) is 4.55. The summed E-state index contributed by atoms with van der Waals surface area (Å²) in [6.07, 6.45) is 3.71. The molecule has 0 amide bonds. The van der Waals surface area contributed by atoms with Crippen molar-refractivity contribution in [2.75, 3.05) is 6.54 Å². The molecule has 4 nitrogen and oxygen atoms in total. The lowest BCUT2D eigenvalue weighted by molar-refractivity contribution is 0.0890. The highest BCUT2D eigenvalue weighted by Gasteiger charge is 2.28. The lowest BCUT2D eigenvalue weighted by atomic mass is 9.96. The van der Waals surface area contributed by atoms with Gasteiger partial charge in [-0.1, -0.05) is 18.0 Å². The number of hydrogen-bond donors (Lipinski definition) is 1. The first-order valence-corrected chi connectivity index (χ1v) is 7.06. The van der Waals surface area contributed by atoms with E-state index in [1.165, 1.54) is 19.3 Å². The number of nitrogens with two attached hydrogens (primary N) is 1. The van der Waals surface area contributed by atoms with Crippen LogP contribution in [0.3, 0.4) is 0 Å². The van der Waals surface area contributed by atoms with Crippen LogP contribution in [-0.2, 0) is 13.6 Å². The summed E-state index contributed by atoms with van der Waals surface area (Å²) < 4.78 is 1.75. The zero-order valence-corrected chi connectivity index (χ0v) is 12.2. The average Bonchev–Trinajstić information content (AvgIpc) is 2.58. The van der Waals surface area contributed by atoms with Gasteiger partial charge in [-0.3, -0.25) is 9.58 Å². The molecule has 1 fully saturated rings. The molecule has 102 valence electrons. The Morgan fingerprint density at radius 1 is 1.44 bits per heavy atom. The van der Waals surface area contributed by atoms with Crippen LogP contribution < -0.4 is 5.73 Å². The summed E-state index contributed by atoms with van der Waals surface area (Å²) in [5.41, 5.74) is 8.06. The number of hydrogen-bond acceptors (Lipinski definition) is 3. The van der Waals surface area contributed by atoms with E-state index in [0.29, 0.717) is 12.1 Å². The van der Waals surface area contributed by atoms with E-state index < -0.39 is 0 Å². The minimum absolute atomic E-state index is 0.476. The van der Waals surface area contributed by atoms with Crippen molar-refractivity contribution in [1.82, 2.24) is 14.7 Å². The van der Waals surface area contributed by atoms with Crippen molar-refractivity contribution in [3.05, 3.63) is 16.4 Å². The molecule has 2 atom stereocenters. The molecule has 0 spiro atoms. The Labute approximate surface area is 114 Å². The molecule has 5 heteroatoms. The molecule has 1 aliphatic rings. The van der Waals surface area contributed by atoms with Crippen LogP contribution in [0.2, 0.25) is 5.15 Å². The molecule has 0 aliphatic carbocycles. The van der Waals surface area contributed by atoms with Crippen LogP contribution in [0.25, 0.3) is 0 Å². The van der Waals surface area contributed by atoms with Gasteiger partial charge in [-0.25, -0.2) is 0 Å². The Bertz CT molecular complexity index is 415. The summed E-state index contributed by atoms with van der Waals surface area (Å²) in [7, 11) is 1.89. The quantitative estimate of drug-likeness (QED) is 0.915. The molecule has 0 saturated carbocycles. The first-order valence-electron chi connectivity index (χ1n) is 6.68. The number of aryl methyl sites for hydroxylation is 2. The summed E-state index contributed by atoms with van der Waals surface area (Å²) in [5, 5.41) is 5.13. The first kappa shape index (κ1) is 13.8. The number of aromatic nitrogens is 2. The van der Waals surface area contributed by atoms with Gasteiger partial charge in [0.1, 0.15) is 5.15 Å². The zero-order valence-electron chi connectivity index (χ0n) is 11.5. The highest BCUT2D eigenvalue weighted by Crippen LogP contribution is 2.28. The van der Waals surface area contributed by atoms with Crippen molar-refractivity contribution in [3.8, 4) is 0 Å². The molecule has 18 heavy (non-hydrogen) atoms. The Kier molecular flexibility index (Phi) is 4.30. The van der Waals surface area contributed by atoms with Gasteiger partial charge >= 0.3 is 0 Å². The molecule has 1 aromatic heterocycles. The molecule has 2 unspecified atom stereocenters. The van der Waals surface area contributed by atoms with Crippen LogP contribution in [0.1, 0.15) is 37.4 Å². The number of rotatable bonds is 3. The number of nitrogens with zero attached hydrogens (tertiary/aromatic N) is 3. The van der Waals surface area contributed by atoms with Crippen molar-refractivity contribution >= 4 is 11.6 Å². The van der Waals surface area contributed by atoms with Crippen molar-refractivity contribution in [1.29, 1.82) is 0 Å². The molecule has 0 radical (unpaired) electrons. The third kappa shape index (κ3) is 2.56. The minimum Gasteiger partial charge on any atom is -0.329 e. The highest BCUT2D eigenvalue weighted by molar-refractivity contribution is 6.30. The number of halogens is 1. The fraction of sp³-hybridized carbons (Fsp3) is 0.769. The van der Waals surface area contributed by atoms with Crippen molar-refractivity contribution in [2.45, 2.75) is 51.7 Å². The van der Waals surface area contributed by atoms with Gasteiger partial charge in [0, 0.05) is 37.8 Å².